The predicted molar refractivity (Wildman–Crippen MR) is 134 cm³/mol. The zero-order valence-electron chi connectivity index (χ0n) is 18.2. The molecular weight excluding hydrogens is 464 g/mol. The molecule has 0 saturated carbocycles. The molecule has 172 valence electrons. The van der Waals surface area contributed by atoms with E-state index in [9.17, 15) is 14.2 Å². The Morgan fingerprint density at radius 3 is 1.88 bits per heavy atom. The summed E-state index contributed by atoms with van der Waals surface area (Å²) in [4.78, 5) is 2.47. The summed E-state index contributed by atoms with van der Waals surface area (Å²) in [6.07, 6.45) is 2.11. The van der Waals surface area contributed by atoms with E-state index in [0.717, 1.165) is 20.9 Å². The highest BCUT2D eigenvalue weighted by Crippen LogP contribution is 2.49. The maximum atomic E-state index is 10.9. The van der Waals surface area contributed by atoms with Gasteiger partial charge in [0.2, 0.25) is 0 Å². The lowest BCUT2D eigenvalue weighted by molar-refractivity contribution is 0.00321. The van der Waals surface area contributed by atoms with Crippen LogP contribution in [0.25, 0.3) is 0 Å². The smallest absolute Gasteiger partial charge is 0.152 e. The van der Waals surface area contributed by atoms with Crippen molar-refractivity contribution in [3.8, 4) is 5.75 Å². The summed E-state index contributed by atoms with van der Waals surface area (Å²) in [6, 6.07) is 22.1. The lowest BCUT2D eigenvalue weighted by Crippen LogP contribution is -2.29. The molecule has 0 aliphatic carbocycles. The SMILES string of the molecule is CSc1ccc(OC(c2ccc(SC)cc2)C(O)COS(O)(O)c2ccc(C)cc2)cc1. The summed E-state index contributed by atoms with van der Waals surface area (Å²) >= 11 is 3.26. The molecule has 3 aromatic rings. The first-order chi connectivity index (χ1) is 15.3. The van der Waals surface area contributed by atoms with E-state index in [4.69, 9.17) is 8.92 Å². The van der Waals surface area contributed by atoms with E-state index in [1.54, 1.807) is 47.8 Å². The summed E-state index contributed by atoms with van der Waals surface area (Å²) in [5.41, 5.74) is 1.76. The molecular formula is C24H28O5S3. The minimum atomic E-state index is -3.50. The van der Waals surface area contributed by atoms with Crippen molar-refractivity contribution in [2.24, 2.45) is 0 Å². The Morgan fingerprint density at radius 2 is 1.34 bits per heavy atom. The highest BCUT2D eigenvalue weighted by atomic mass is 32.3. The van der Waals surface area contributed by atoms with Crippen molar-refractivity contribution in [3.05, 3.63) is 83.9 Å². The van der Waals surface area contributed by atoms with Crippen LogP contribution in [0, 0.1) is 6.92 Å². The van der Waals surface area contributed by atoms with Gasteiger partial charge in [-0.3, -0.25) is 4.18 Å². The predicted octanol–water partition coefficient (Wildman–Crippen LogP) is 6.66. The Kier molecular flexibility index (Phi) is 8.95. The Balaban J connectivity index is 1.78. The van der Waals surface area contributed by atoms with Crippen LogP contribution in [0.1, 0.15) is 17.2 Å². The van der Waals surface area contributed by atoms with Crippen LogP contribution < -0.4 is 4.74 Å². The molecule has 0 bridgehead atoms. The minimum absolute atomic E-state index is 0.268. The molecule has 0 aliphatic rings. The van der Waals surface area contributed by atoms with E-state index in [1.165, 1.54) is 0 Å². The van der Waals surface area contributed by atoms with E-state index >= 15 is 0 Å². The molecule has 0 radical (unpaired) electrons. The summed E-state index contributed by atoms with van der Waals surface area (Å²) < 4.78 is 32.4. The lowest BCUT2D eigenvalue weighted by Gasteiger charge is -2.30. The van der Waals surface area contributed by atoms with Gasteiger partial charge in [0.1, 0.15) is 22.7 Å². The Bertz CT molecular complexity index is 976. The molecule has 0 aromatic heterocycles. The molecule has 32 heavy (non-hydrogen) atoms. The molecule has 0 aliphatic heterocycles. The second-order valence-electron chi connectivity index (χ2n) is 7.15. The molecule has 0 saturated heterocycles. The first-order valence-corrected chi connectivity index (χ1v) is 13.9. The molecule has 2 atom stereocenters. The van der Waals surface area contributed by atoms with Crippen molar-refractivity contribution in [2.45, 2.75) is 33.8 Å². The normalized spacial score (nSPS) is 14.1. The lowest BCUT2D eigenvalue weighted by atomic mass is 10.0. The van der Waals surface area contributed by atoms with Crippen LogP contribution in [0.3, 0.4) is 0 Å². The Morgan fingerprint density at radius 1 is 0.812 bits per heavy atom. The third-order valence-electron chi connectivity index (χ3n) is 4.85. The van der Waals surface area contributed by atoms with Crippen molar-refractivity contribution >= 4 is 34.4 Å². The number of hydrogen-bond donors (Lipinski definition) is 3. The quantitative estimate of drug-likeness (QED) is 0.273. The molecule has 3 rings (SSSR count). The third kappa shape index (κ3) is 6.68. The van der Waals surface area contributed by atoms with Crippen molar-refractivity contribution in [3.63, 3.8) is 0 Å². The van der Waals surface area contributed by atoms with Gasteiger partial charge in [0.15, 0.2) is 6.10 Å². The number of benzene rings is 3. The van der Waals surface area contributed by atoms with E-state index in [-0.39, 0.29) is 11.5 Å². The van der Waals surface area contributed by atoms with Gasteiger partial charge >= 0.3 is 0 Å². The van der Waals surface area contributed by atoms with Crippen molar-refractivity contribution in [2.75, 3.05) is 19.1 Å². The molecule has 0 spiro atoms. The largest absolute Gasteiger partial charge is 0.483 e. The maximum absolute atomic E-state index is 10.9. The topological polar surface area (TPSA) is 79.2 Å². The molecule has 2 unspecified atom stereocenters. The van der Waals surface area contributed by atoms with Crippen LogP contribution in [0.4, 0.5) is 0 Å². The average molecular weight is 493 g/mol. The first-order valence-electron chi connectivity index (χ1n) is 9.94. The van der Waals surface area contributed by atoms with Gasteiger partial charge in [0.25, 0.3) is 0 Å². The zero-order chi connectivity index (χ0) is 23.1. The zero-order valence-corrected chi connectivity index (χ0v) is 20.6. The second kappa shape index (κ2) is 11.5. The minimum Gasteiger partial charge on any atom is -0.483 e. The van der Waals surface area contributed by atoms with Gasteiger partial charge < -0.3 is 18.9 Å². The summed E-state index contributed by atoms with van der Waals surface area (Å²) in [7, 11) is -3.50. The van der Waals surface area contributed by atoms with Gasteiger partial charge in [0, 0.05) is 9.79 Å². The van der Waals surface area contributed by atoms with E-state index < -0.39 is 23.1 Å². The van der Waals surface area contributed by atoms with Crippen molar-refractivity contribution in [1.82, 2.24) is 0 Å². The van der Waals surface area contributed by atoms with E-state index in [0.29, 0.717) is 5.75 Å². The van der Waals surface area contributed by atoms with Crippen LogP contribution in [-0.4, -0.2) is 39.4 Å². The Hall–Kier alpha value is -1.65. The Labute approximate surface area is 199 Å². The molecule has 8 heteroatoms. The number of hydrogen-bond acceptors (Lipinski definition) is 7. The third-order valence-corrected chi connectivity index (χ3v) is 7.69. The van der Waals surface area contributed by atoms with Crippen molar-refractivity contribution in [1.29, 1.82) is 0 Å². The summed E-state index contributed by atoms with van der Waals surface area (Å²) in [5.74, 6) is 0.603. The van der Waals surface area contributed by atoms with Gasteiger partial charge in [-0.05, 0) is 73.5 Å². The molecule has 0 heterocycles. The van der Waals surface area contributed by atoms with E-state index in [1.807, 2.05) is 68.0 Å². The number of aliphatic hydroxyl groups is 1. The highest BCUT2D eigenvalue weighted by molar-refractivity contribution is 8.20. The van der Waals surface area contributed by atoms with Crippen LogP contribution in [0.2, 0.25) is 0 Å². The first kappa shape index (κ1) is 25.0. The molecule has 3 aromatic carbocycles. The van der Waals surface area contributed by atoms with Gasteiger partial charge in [-0.25, -0.2) is 0 Å². The fraction of sp³-hybridized carbons (Fsp3) is 0.250. The van der Waals surface area contributed by atoms with E-state index in [2.05, 4.69) is 0 Å². The number of thioether (sulfide) groups is 2. The van der Waals surface area contributed by atoms with Gasteiger partial charge in [-0.15, -0.1) is 23.5 Å². The van der Waals surface area contributed by atoms with Crippen LogP contribution in [0.15, 0.2) is 87.5 Å². The summed E-state index contributed by atoms with van der Waals surface area (Å²) in [6.45, 7) is 1.60. The second-order valence-corrected chi connectivity index (χ2v) is 10.6. The van der Waals surface area contributed by atoms with Crippen LogP contribution in [-0.2, 0) is 4.18 Å². The fourth-order valence-electron chi connectivity index (χ4n) is 3.00. The van der Waals surface area contributed by atoms with Gasteiger partial charge in [0.05, 0.1) is 11.5 Å². The highest BCUT2D eigenvalue weighted by Gasteiger charge is 2.28. The monoisotopic (exact) mass is 492 g/mol. The molecule has 5 nitrogen and oxygen atoms in total. The van der Waals surface area contributed by atoms with Crippen LogP contribution >= 0.6 is 34.4 Å². The summed E-state index contributed by atoms with van der Waals surface area (Å²) in [5, 5.41) is 10.9. The number of rotatable bonds is 10. The van der Waals surface area contributed by atoms with Crippen molar-refractivity contribution < 1.29 is 23.1 Å². The average Bonchev–Trinajstić information content (AvgIpc) is 2.82. The molecule has 0 fully saturated rings. The van der Waals surface area contributed by atoms with Gasteiger partial charge in [-0.2, -0.15) is 0 Å². The van der Waals surface area contributed by atoms with Crippen LogP contribution in [0.5, 0.6) is 5.75 Å². The molecule has 3 N–H and O–H groups in total. The number of aliphatic hydroxyl groups excluding tert-OH is 1. The maximum Gasteiger partial charge on any atom is 0.152 e. The molecule has 0 amide bonds. The van der Waals surface area contributed by atoms with Gasteiger partial charge in [-0.1, -0.05) is 29.8 Å². The number of aryl methyl sites for hydroxylation is 1. The number of ether oxygens (including phenoxy) is 1. The standard InChI is InChI=1S/C24H28O5S3/c1-17-4-14-22(15-5-17)32(26,27)28-16-23(25)24(18-6-10-20(30-2)11-7-18)29-19-8-12-21(31-3)13-9-19/h4-15,23-27H,16H2,1-3H3. The fourth-order valence-corrected chi connectivity index (χ4v) is 4.77.